The van der Waals surface area contributed by atoms with Crippen molar-refractivity contribution >= 4 is 28.4 Å². The largest absolute Gasteiger partial charge is 0.485 e. The number of halogens is 1. The van der Waals surface area contributed by atoms with Crippen LogP contribution < -0.4 is 20.4 Å². The molecule has 0 N–H and O–H groups in total. The topological polar surface area (TPSA) is 73.6 Å². The van der Waals surface area contributed by atoms with Crippen molar-refractivity contribution in [2.75, 3.05) is 0 Å². The molecule has 6 nitrogen and oxygen atoms in total. The molecule has 1 atom stereocenters. The molecule has 0 saturated carbocycles. The molecular formula is C23H16FN3O3S. The molecule has 2 aromatic carbocycles. The first-order chi connectivity index (χ1) is 15.0. The van der Waals surface area contributed by atoms with E-state index in [0.29, 0.717) is 10.1 Å². The lowest BCUT2D eigenvalue weighted by Crippen LogP contribution is -2.29. The molecule has 1 aliphatic rings. The maximum absolute atomic E-state index is 13.1. The van der Waals surface area contributed by atoms with Crippen molar-refractivity contribution in [2.45, 2.75) is 19.4 Å². The number of para-hydroxylation sites is 1. The molecule has 3 heterocycles. The van der Waals surface area contributed by atoms with Gasteiger partial charge in [0.2, 0.25) is 4.96 Å². The van der Waals surface area contributed by atoms with Crippen LogP contribution in [0.1, 0.15) is 23.7 Å². The van der Waals surface area contributed by atoms with Crippen LogP contribution in [0.2, 0.25) is 0 Å². The lowest BCUT2D eigenvalue weighted by atomic mass is 10.0. The van der Waals surface area contributed by atoms with Gasteiger partial charge in [-0.1, -0.05) is 41.7 Å². The van der Waals surface area contributed by atoms with Gasteiger partial charge < -0.3 is 4.74 Å². The first-order valence-electron chi connectivity index (χ1n) is 9.64. The molecule has 5 rings (SSSR count). The third kappa shape index (κ3) is 3.66. The predicted molar refractivity (Wildman–Crippen MR) is 117 cm³/mol. The van der Waals surface area contributed by atoms with Crippen LogP contribution in [0.15, 0.2) is 63.7 Å². The fourth-order valence-electron chi connectivity index (χ4n) is 3.42. The Morgan fingerprint density at radius 3 is 2.74 bits per heavy atom. The van der Waals surface area contributed by atoms with Gasteiger partial charge in [-0.2, -0.15) is 14.6 Å². The molecule has 0 radical (unpaired) electrons. The van der Waals surface area contributed by atoms with E-state index in [1.807, 2.05) is 37.3 Å². The number of aromatic nitrogens is 3. The molecule has 0 spiro atoms. The van der Waals surface area contributed by atoms with Crippen LogP contribution in [0.25, 0.3) is 17.1 Å². The number of hydrogen-bond donors (Lipinski definition) is 0. The molecule has 154 valence electrons. The van der Waals surface area contributed by atoms with Gasteiger partial charge in [-0.25, -0.2) is 4.39 Å². The van der Waals surface area contributed by atoms with Crippen LogP contribution in [0, 0.1) is 5.82 Å². The monoisotopic (exact) mass is 433 g/mol. The van der Waals surface area contributed by atoms with Gasteiger partial charge in [-0.15, -0.1) is 0 Å². The molecule has 8 heteroatoms. The van der Waals surface area contributed by atoms with E-state index >= 15 is 0 Å². The molecule has 0 bridgehead atoms. The lowest BCUT2D eigenvalue weighted by Gasteiger charge is -2.22. The van der Waals surface area contributed by atoms with E-state index in [0.717, 1.165) is 32.7 Å². The molecule has 31 heavy (non-hydrogen) atoms. The van der Waals surface area contributed by atoms with Crippen LogP contribution in [0.3, 0.4) is 0 Å². The maximum Gasteiger partial charge on any atom is 0.296 e. The minimum atomic E-state index is -0.500. The molecule has 0 fully saturated rings. The number of nitrogens with zero attached hydrogens (tertiary/aromatic N) is 3. The predicted octanol–water partition coefficient (Wildman–Crippen LogP) is 2.61. The van der Waals surface area contributed by atoms with Gasteiger partial charge in [0, 0.05) is 12.0 Å². The summed E-state index contributed by atoms with van der Waals surface area (Å²) in [6.45, 7) is 1.91. The van der Waals surface area contributed by atoms with Gasteiger partial charge in [0.25, 0.3) is 11.1 Å². The highest BCUT2D eigenvalue weighted by Crippen LogP contribution is 2.29. The SMILES string of the molecule is CC1Oc2ccccc2C=C1/C=c1\sc2nc(=O)c(Cc3ccc(F)cc3)nn2c1=O. The van der Waals surface area contributed by atoms with Gasteiger partial charge >= 0.3 is 0 Å². The zero-order valence-electron chi connectivity index (χ0n) is 16.4. The van der Waals surface area contributed by atoms with Crippen molar-refractivity contribution in [3.63, 3.8) is 0 Å². The van der Waals surface area contributed by atoms with E-state index in [4.69, 9.17) is 4.74 Å². The van der Waals surface area contributed by atoms with Crippen LogP contribution in [-0.2, 0) is 6.42 Å². The second-order valence-electron chi connectivity index (χ2n) is 7.22. The lowest BCUT2D eigenvalue weighted by molar-refractivity contribution is 0.259. The first kappa shape index (κ1) is 19.3. The van der Waals surface area contributed by atoms with Gasteiger partial charge in [-0.3, -0.25) is 9.59 Å². The summed E-state index contributed by atoms with van der Waals surface area (Å²) in [5.41, 5.74) is 1.77. The van der Waals surface area contributed by atoms with Crippen molar-refractivity contribution in [2.24, 2.45) is 0 Å². The highest BCUT2D eigenvalue weighted by atomic mass is 32.1. The molecule has 0 amide bonds. The fraction of sp³-hybridized carbons (Fsp3) is 0.130. The van der Waals surface area contributed by atoms with Gasteiger partial charge in [-0.05, 0) is 48.4 Å². The van der Waals surface area contributed by atoms with E-state index < -0.39 is 5.56 Å². The summed E-state index contributed by atoms with van der Waals surface area (Å²) < 4.78 is 20.6. The third-order valence-electron chi connectivity index (χ3n) is 5.05. The molecule has 0 aliphatic carbocycles. The Balaban J connectivity index is 1.58. The van der Waals surface area contributed by atoms with Gasteiger partial charge in [0.1, 0.15) is 23.4 Å². The van der Waals surface area contributed by atoms with Crippen molar-refractivity contribution in [3.05, 3.63) is 102 Å². The van der Waals surface area contributed by atoms with Gasteiger partial charge in [0.05, 0.1) is 4.53 Å². The molecule has 1 aliphatic heterocycles. The zero-order chi connectivity index (χ0) is 21.5. The normalized spacial score (nSPS) is 16.1. The number of rotatable bonds is 3. The van der Waals surface area contributed by atoms with E-state index in [1.54, 1.807) is 18.2 Å². The summed E-state index contributed by atoms with van der Waals surface area (Å²) in [4.78, 5) is 29.6. The second-order valence-corrected chi connectivity index (χ2v) is 8.23. The van der Waals surface area contributed by atoms with E-state index in [9.17, 15) is 14.0 Å². The maximum atomic E-state index is 13.1. The number of thiazole rings is 1. The van der Waals surface area contributed by atoms with E-state index in [-0.39, 0.29) is 34.6 Å². The van der Waals surface area contributed by atoms with Crippen LogP contribution in [0.5, 0.6) is 5.75 Å². The Morgan fingerprint density at radius 1 is 1.16 bits per heavy atom. The van der Waals surface area contributed by atoms with E-state index in [1.165, 1.54) is 12.1 Å². The van der Waals surface area contributed by atoms with Crippen LogP contribution >= 0.6 is 11.3 Å². The summed E-state index contributed by atoms with van der Waals surface area (Å²) in [7, 11) is 0. The van der Waals surface area contributed by atoms with Crippen molar-refractivity contribution < 1.29 is 9.13 Å². The Hall–Kier alpha value is -3.65. The van der Waals surface area contributed by atoms with E-state index in [2.05, 4.69) is 10.1 Å². The molecule has 0 saturated heterocycles. The summed E-state index contributed by atoms with van der Waals surface area (Å²) >= 11 is 1.11. The Labute approximate surface area is 179 Å². The van der Waals surface area contributed by atoms with Crippen LogP contribution in [-0.4, -0.2) is 20.7 Å². The average Bonchev–Trinajstić information content (AvgIpc) is 3.05. The fourth-order valence-corrected chi connectivity index (χ4v) is 4.32. The second kappa shape index (κ2) is 7.55. The highest BCUT2D eigenvalue weighted by molar-refractivity contribution is 7.15. The van der Waals surface area contributed by atoms with Crippen molar-refractivity contribution in [1.29, 1.82) is 0 Å². The highest BCUT2D eigenvalue weighted by Gasteiger charge is 2.18. The number of benzene rings is 2. The Kier molecular flexibility index (Phi) is 4.71. The number of ether oxygens (including phenoxy) is 1. The Bertz CT molecular complexity index is 1510. The average molecular weight is 433 g/mol. The summed E-state index contributed by atoms with van der Waals surface area (Å²) in [5, 5.41) is 4.24. The summed E-state index contributed by atoms with van der Waals surface area (Å²) in [6, 6.07) is 13.5. The molecule has 4 aromatic rings. The smallest absolute Gasteiger partial charge is 0.296 e. The molecule has 2 aromatic heterocycles. The quantitative estimate of drug-likeness (QED) is 0.497. The van der Waals surface area contributed by atoms with Gasteiger partial charge in [0.15, 0.2) is 0 Å². The third-order valence-corrected chi connectivity index (χ3v) is 6.01. The van der Waals surface area contributed by atoms with Crippen molar-refractivity contribution in [1.82, 2.24) is 14.6 Å². The summed E-state index contributed by atoms with van der Waals surface area (Å²) in [6.07, 6.45) is 3.68. The minimum Gasteiger partial charge on any atom is -0.485 e. The molecule has 1 unspecified atom stereocenters. The zero-order valence-corrected chi connectivity index (χ0v) is 17.2. The summed E-state index contributed by atoms with van der Waals surface area (Å²) in [5.74, 6) is 0.435. The first-order valence-corrected chi connectivity index (χ1v) is 10.5. The number of fused-ring (bicyclic) bond motifs is 2. The minimum absolute atomic E-state index is 0.132. The van der Waals surface area contributed by atoms with Crippen molar-refractivity contribution in [3.8, 4) is 5.75 Å². The molecular weight excluding hydrogens is 417 g/mol. The number of hydrogen-bond acceptors (Lipinski definition) is 6. The van der Waals surface area contributed by atoms with Crippen LogP contribution in [0.4, 0.5) is 4.39 Å². The Morgan fingerprint density at radius 2 is 1.94 bits per heavy atom. The standard InChI is InChI=1S/C23H16FN3O3S/c1-13-16(11-15-4-2-3-5-19(15)30-13)12-20-22(29)27-23(31-20)25-21(28)18(26-27)10-14-6-8-17(24)9-7-14/h2-9,11-13H,10H2,1H3/b20-12-.